The standard InChI is InChI=1S/C27H30O5/c1-20-24(29-17-21-11-5-2-6-12-21)25(30-18-22-13-7-3-8-14-22)26(27(28)32-20)31-19-23-15-9-4-10-16-23/h2-16,20,24-28H,17-19H2,1H3/t20?,24-,25-,26?,27-/m0/s1. The summed E-state index contributed by atoms with van der Waals surface area (Å²) in [6, 6.07) is 29.8. The Bertz CT molecular complexity index is 863. The van der Waals surface area contributed by atoms with Gasteiger partial charge in [0.25, 0.3) is 0 Å². The van der Waals surface area contributed by atoms with E-state index >= 15 is 0 Å². The van der Waals surface area contributed by atoms with Crippen molar-refractivity contribution in [3.8, 4) is 0 Å². The zero-order valence-electron chi connectivity index (χ0n) is 18.2. The van der Waals surface area contributed by atoms with E-state index in [9.17, 15) is 5.11 Å². The van der Waals surface area contributed by atoms with Gasteiger partial charge in [-0.1, -0.05) is 91.0 Å². The lowest BCUT2D eigenvalue weighted by molar-refractivity contribution is -0.308. The Labute approximate surface area is 189 Å². The summed E-state index contributed by atoms with van der Waals surface area (Å²) < 4.78 is 24.5. The highest BCUT2D eigenvalue weighted by Crippen LogP contribution is 2.29. The van der Waals surface area contributed by atoms with Gasteiger partial charge in [-0.15, -0.1) is 0 Å². The van der Waals surface area contributed by atoms with E-state index in [1.807, 2.05) is 97.9 Å². The number of aliphatic hydroxyl groups is 1. The fraction of sp³-hybridized carbons (Fsp3) is 0.333. The predicted octanol–water partition coefficient (Wildman–Crippen LogP) is 4.48. The average Bonchev–Trinajstić information content (AvgIpc) is 2.83. The first-order valence-electron chi connectivity index (χ1n) is 11.0. The molecule has 32 heavy (non-hydrogen) atoms. The molecule has 0 amide bonds. The first-order valence-corrected chi connectivity index (χ1v) is 11.0. The van der Waals surface area contributed by atoms with Crippen LogP contribution in [0.5, 0.6) is 0 Å². The highest BCUT2D eigenvalue weighted by atomic mass is 16.7. The molecule has 5 nitrogen and oxygen atoms in total. The second-order valence-electron chi connectivity index (χ2n) is 8.02. The monoisotopic (exact) mass is 434 g/mol. The van der Waals surface area contributed by atoms with Crippen molar-refractivity contribution < 1.29 is 24.1 Å². The van der Waals surface area contributed by atoms with Crippen molar-refractivity contribution in [2.75, 3.05) is 0 Å². The summed E-state index contributed by atoms with van der Waals surface area (Å²) in [6.07, 6.45) is -3.04. The van der Waals surface area contributed by atoms with Gasteiger partial charge in [-0.3, -0.25) is 0 Å². The van der Waals surface area contributed by atoms with E-state index in [1.54, 1.807) is 0 Å². The van der Waals surface area contributed by atoms with E-state index in [-0.39, 0.29) is 6.10 Å². The van der Waals surface area contributed by atoms with E-state index in [1.165, 1.54) is 0 Å². The smallest absolute Gasteiger partial charge is 0.184 e. The maximum Gasteiger partial charge on any atom is 0.184 e. The van der Waals surface area contributed by atoms with Crippen molar-refractivity contribution in [3.63, 3.8) is 0 Å². The molecule has 3 aromatic carbocycles. The third-order valence-electron chi connectivity index (χ3n) is 5.60. The van der Waals surface area contributed by atoms with Gasteiger partial charge < -0.3 is 24.1 Å². The van der Waals surface area contributed by atoms with Gasteiger partial charge in [0.15, 0.2) is 6.29 Å². The lowest BCUT2D eigenvalue weighted by Gasteiger charge is -2.43. The molecule has 1 fully saturated rings. The molecule has 168 valence electrons. The minimum atomic E-state index is -1.11. The quantitative estimate of drug-likeness (QED) is 0.538. The van der Waals surface area contributed by atoms with Gasteiger partial charge in [-0.2, -0.15) is 0 Å². The zero-order chi connectivity index (χ0) is 22.2. The van der Waals surface area contributed by atoms with Gasteiger partial charge in [-0.25, -0.2) is 0 Å². The molecule has 5 heteroatoms. The van der Waals surface area contributed by atoms with Crippen molar-refractivity contribution >= 4 is 0 Å². The van der Waals surface area contributed by atoms with E-state index in [0.29, 0.717) is 19.8 Å². The SMILES string of the molecule is CC1O[C@H](O)C(OCc2ccccc2)[C@@H](OCc2ccccc2)[C@H]1OCc1ccccc1. The number of hydrogen-bond acceptors (Lipinski definition) is 5. The summed E-state index contributed by atoms with van der Waals surface area (Å²) in [7, 11) is 0. The number of benzene rings is 3. The number of hydrogen-bond donors (Lipinski definition) is 1. The number of ether oxygens (including phenoxy) is 4. The molecular formula is C27H30O5. The highest BCUT2D eigenvalue weighted by Gasteiger charge is 2.46. The molecule has 0 spiro atoms. The van der Waals surface area contributed by atoms with Gasteiger partial charge in [0.05, 0.1) is 25.9 Å². The van der Waals surface area contributed by atoms with Crippen molar-refractivity contribution in [1.82, 2.24) is 0 Å². The molecule has 4 rings (SSSR count). The third-order valence-corrected chi connectivity index (χ3v) is 5.60. The molecule has 1 aliphatic heterocycles. The summed E-state index contributed by atoms with van der Waals surface area (Å²) in [5.41, 5.74) is 3.13. The Morgan fingerprint density at radius 3 is 1.41 bits per heavy atom. The van der Waals surface area contributed by atoms with Crippen LogP contribution in [0.4, 0.5) is 0 Å². The molecule has 1 aliphatic rings. The third kappa shape index (κ3) is 6.03. The first kappa shape index (κ1) is 22.6. The molecule has 1 saturated heterocycles. The van der Waals surface area contributed by atoms with Crippen LogP contribution in [0, 0.1) is 0 Å². The first-order chi connectivity index (χ1) is 15.7. The van der Waals surface area contributed by atoms with Crippen LogP contribution in [0.15, 0.2) is 91.0 Å². The van der Waals surface area contributed by atoms with Crippen LogP contribution in [-0.4, -0.2) is 35.8 Å². The lowest BCUT2D eigenvalue weighted by Crippen LogP contribution is -2.59. The zero-order valence-corrected chi connectivity index (χ0v) is 18.2. The number of aliphatic hydroxyl groups excluding tert-OH is 1. The van der Waals surface area contributed by atoms with Gasteiger partial charge in [0.2, 0.25) is 0 Å². The minimum Gasteiger partial charge on any atom is -0.368 e. The van der Waals surface area contributed by atoms with E-state index in [4.69, 9.17) is 18.9 Å². The Kier molecular flexibility index (Phi) is 8.04. The van der Waals surface area contributed by atoms with Gasteiger partial charge >= 0.3 is 0 Å². The van der Waals surface area contributed by atoms with Gasteiger partial charge in [-0.05, 0) is 23.6 Å². The van der Waals surface area contributed by atoms with Crippen molar-refractivity contribution in [2.45, 2.75) is 57.5 Å². The Hall–Kier alpha value is -2.54. The molecule has 0 aromatic heterocycles. The van der Waals surface area contributed by atoms with Crippen LogP contribution in [-0.2, 0) is 38.8 Å². The molecule has 1 heterocycles. The van der Waals surface area contributed by atoms with Crippen LogP contribution in [0.1, 0.15) is 23.6 Å². The molecule has 5 atom stereocenters. The van der Waals surface area contributed by atoms with E-state index in [2.05, 4.69) is 0 Å². The number of rotatable bonds is 9. The average molecular weight is 435 g/mol. The molecule has 0 bridgehead atoms. The fourth-order valence-corrected chi connectivity index (χ4v) is 3.89. The van der Waals surface area contributed by atoms with Crippen LogP contribution in [0.25, 0.3) is 0 Å². The van der Waals surface area contributed by atoms with Crippen molar-refractivity contribution in [1.29, 1.82) is 0 Å². The Balaban J connectivity index is 1.50. The molecule has 0 saturated carbocycles. The molecule has 2 unspecified atom stereocenters. The summed E-state index contributed by atoms with van der Waals surface area (Å²) in [6.45, 7) is 3.05. The molecule has 0 aliphatic carbocycles. The van der Waals surface area contributed by atoms with Crippen molar-refractivity contribution in [2.24, 2.45) is 0 Å². The van der Waals surface area contributed by atoms with Crippen LogP contribution >= 0.6 is 0 Å². The van der Waals surface area contributed by atoms with E-state index < -0.39 is 24.6 Å². The predicted molar refractivity (Wildman–Crippen MR) is 122 cm³/mol. The molecule has 3 aromatic rings. The van der Waals surface area contributed by atoms with Crippen LogP contribution in [0.3, 0.4) is 0 Å². The molecular weight excluding hydrogens is 404 g/mol. The maximum absolute atomic E-state index is 10.7. The van der Waals surface area contributed by atoms with Crippen LogP contribution in [0.2, 0.25) is 0 Å². The summed E-state index contributed by atoms with van der Waals surface area (Å²) in [4.78, 5) is 0. The van der Waals surface area contributed by atoms with Gasteiger partial charge in [0, 0.05) is 0 Å². The second-order valence-corrected chi connectivity index (χ2v) is 8.02. The Morgan fingerprint density at radius 2 is 0.969 bits per heavy atom. The fourth-order valence-electron chi connectivity index (χ4n) is 3.89. The Morgan fingerprint density at radius 1 is 0.594 bits per heavy atom. The second kappa shape index (κ2) is 11.4. The molecule has 1 N–H and O–H groups in total. The lowest BCUT2D eigenvalue weighted by atomic mass is 9.98. The van der Waals surface area contributed by atoms with Crippen molar-refractivity contribution in [3.05, 3.63) is 108 Å². The largest absolute Gasteiger partial charge is 0.368 e. The molecule has 0 radical (unpaired) electrons. The van der Waals surface area contributed by atoms with E-state index in [0.717, 1.165) is 16.7 Å². The normalized spacial score (nSPS) is 25.5. The summed E-state index contributed by atoms with van der Waals surface area (Å²) >= 11 is 0. The summed E-state index contributed by atoms with van der Waals surface area (Å²) in [5, 5.41) is 10.7. The topological polar surface area (TPSA) is 57.2 Å². The summed E-state index contributed by atoms with van der Waals surface area (Å²) in [5.74, 6) is 0. The minimum absolute atomic E-state index is 0.344. The maximum atomic E-state index is 10.7. The van der Waals surface area contributed by atoms with Crippen LogP contribution < -0.4 is 0 Å². The highest BCUT2D eigenvalue weighted by molar-refractivity contribution is 5.15. The van der Waals surface area contributed by atoms with Gasteiger partial charge in [0.1, 0.15) is 18.3 Å².